The minimum Gasteiger partial charge on any atom is -0.496 e. The van der Waals surface area contributed by atoms with Gasteiger partial charge in [-0.05, 0) is 37.3 Å². The fourth-order valence-corrected chi connectivity index (χ4v) is 2.47. The monoisotopic (exact) mass is 369 g/mol. The molecule has 0 unspecified atom stereocenters. The molecule has 1 N–H and O–H groups in total. The third-order valence-electron chi connectivity index (χ3n) is 3.95. The second kappa shape index (κ2) is 9.52. The van der Waals surface area contributed by atoms with E-state index in [1.165, 1.54) is 7.11 Å². The summed E-state index contributed by atoms with van der Waals surface area (Å²) < 4.78 is 10.3. The topological polar surface area (TPSA) is 81.7 Å². The molecule has 0 atom stereocenters. The number of aryl methyl sites for hydroxylation is 1. The highest BCUT2D eigenvalue weighted by Crippen LogP contribution is 2.20. The molecule has 2 aromatic carbocycles. The summed E-state index contributed by atoms with van der Waals surface area (Å²) in [6.07, 6.45) is 0.405. The predicted octanol–water partition coefficient (Wildman–Crippen LogP) is 3.32. The summed E-state index contributed by atoms with van der Waals surface area (Å²) in [6.45, 7) is 3.34. The largest absolute Gasteiger partial charge is 0.496 e. The molecular weight excluding hydrogens is 346 g/mol. The van der Waals surface area contributed by atoms with Crippen molar-refractivity contribution in [1.82, 2.24) is 0 Å². The smallest absolute Gasteiger partial charge is 0.310 e. The Labute approximate surface area is 158 Å². The lowest BCUT2D eigenvalue weighted by Crippen LogP contribution is -2.16. The first kappa shape index (κ1) is 20.2. The highest BCUT2D eigenvalue weighted by Gasteiger charge is 2.13. The number of esters is 1. The lowest BCUT2D eigenvalue weighted by atomic mass is 10.1. The van der Waals surface area contributed by atoms with Crippen molar-refractivity contribution in [3.63, 3.8) is 0 Å². The van der Waals surface area contributed by atoms with Crippen LogP contribution in [0.2, 0.25) is 0 Å². The first-order valence-corrected chi connectivity index (χ1v) is 8.65. The quantitative estimate of drug-likeness (QED) is 0.570. The molecule has 0 aliphatic heterocycles. The number of benzene rings is 2. The summed E-state index contributed by atoms with van der Waals surface area (Å²) in [6, 6.07) is 12.0. The number of methoxy groups -OCH3 is 1. The molecule has 142 valence electrons. The second-order valence-electron chi connectivity index (χ2n) is 6.06. The third-order valence-corrected chi connectivity index (χ3v) is 3.95. The Bertz CT molecular complexity index is 827. The van der Waals surface area contributed by atoms with Gasteiger partial charge in [0.2, 0.25) is 5.91 Å². The Kier molecular flexibility index (Phi) is 7.11. The number of hydrogen-bond acceptors (Lipinski definition) is 5. The van der Waals surface area contributed by atoms with Gasteiger partial charge in [0, 0.05) is 23.2 Å². The maximum atomic E-state index is 12.2. The molecular formula is C21H23NO5. The Morgan fingerprint density at radius 2 is 1.74 bits per heavy atom. The zero-order valence-electron chi connectivity index (χ0n) is 15.7. The van der Waals surface area contributed by atoms with E-state index in [1.807, 2.05) is 19.1 Å². The maximum Gasteiger partial charge on any atom is 0.310 e. The van der Waals surface area contributed by atoms with E-state index in [0.717, 1.165) is 5.56 Å². The van der Waals surface area contributed by atoms with Crippen molar-refractivity contribution in [2.75, 3.05) is 19.0 Å². The molecule has 6 nitrogen and oxygen atoms in total. The normalized spacial score (nSPS) is 10.2. The number of rotatable bonds is 8. The van der Waals surface area contributed by atoms with Crippen LogP contribution in [-0.2, 0) is 20.7 Å². The number of carbonyl (C=O) groups excluding carboxylic acids is 3. The number of Topliss-reactive ketones (excluding diaryl/α,β-unsaturated/α-hetero) is 1. The maximum absolute atomic E-state index is 12.2. The number of nitrogens with one attached hydrogen (secondary N) is 1. The number of carbonyl (C=O) groups is 3. The third kappa shape index (κ3) is 5.95. The molecule has 6 heteroatoms. The van der Waals surface area contributed by atoms with Crippen molar-refractivity contribution in [2.45, 2.75) is 26.7 Å². The number of ketones is 1. The summed E-state index contributed by atoms with van der Waals surface area (Å²) in [7, 11) is 1.54. The molecule has 0 aliphatic carbocycles. The van der Waals surface area contributed by atoms with Crippen molar-refractivity contribution < 1.29 is 23.9 Å². The van der Waals surface area contributed by atoms with Gasteiger partial charge in [-0.1, -0.05) is 24.6 Å². The minimum atomic E-state index is -0.501. The Hall–Kier alpha value is -3.15. The fourth-order valence-electron chi connectivity index (χ4n) is 2.47. The van der Waals surface area contributed by atoms with Gasteiger partial charge < -0.3 is 14.8 Å². The van der Waals surface area contributed by atoms with Crippen LogP contribution in [0.3, 0.4) is 0 Å². The van der Waals surface area contributed by atoms with Crippen LogP contribution in [-0.4, -0.2) is 31.4 Å². The molecule has 0 fully saturated rings. The SMILES string of the molecule is CCC(=O)Nc1ccc(C(=O)COC(=O)Cc2cc(C)ccc2OC)cc1. The van der Waals surface area contributed by atoms with Crippen LogP contribution in [0.25, 0.3) is 0 Å². The van der Waals surface area contributed by atoms with E-state index in [-0.39, 0.29) is 24.7 Å². The Morgan fingerprint density at radius 3 is 2.37 bits per heavy atom. The summed E-state index contributed by atoms with van der Waals surface area (Å²) in [5, 5.41) is 2.70. The molecule has 1 amide bonds. The molecule has 0 aromatic heterocycles. The standard InChI is InChI=1S/C21H23NO5/c1-4-20(24)22-17-8-6-15(7-9-17)18(23)13-27-21(25)12-16-11-14(2)5-10-19(16)26-3/h5-11H,4,12-13H2,1-3H3,(H,22,24). The summed E-state index contributed by atoms with van der Waals surface area (Å²) in [5.74, 6) is -0.310. The van der Waals surface area contributed by atoms with Crippen LogP contribution in [0, 0.1) is 6.92 Å². The summed E-state index contributed by atoms with van der Waals surface area (Å²) in [4.78, 5) is 35.6. The Morgan fingerprint density at radius 1 is 1.04 bits per heavy atom. The lowest BCUT2D eigenvalue weighted by Gasteiger charge is -2.10. The van der Waals surface area contributed by atoms with Crippen LogP contribution in [0.5, 0.6) is 5.75 Å². The van der Waals surface area contributed by atoms with Crippen molar-refractivity contribution in [3.8, 4) is 5.75 Å². The first-order valence-electron chi connectivity index (χ1n) is 8.65. The van der Waals surface area contributed by atoms with Gasteiger partial charge in [0.05, 0.1) is 13.5 Å². The van der Waals surface area contributed by atoms with Crippen molar-refractivity contribution >= 4 is 23.3 Å². The number of amides is 1. The van der Waals surface area contributed by atoms with E-state index in [1.54, 1.807) is 37.3 Å². The van der Waals surface area contributed by atoms with Gasteiger partial charge in [0.15, 0.2) is 12.4 Å². The van der Waals surface area contributed by atoms with Gasteiger partial charge in [0.1, 0.15) is 5.75 Å². The van der Waals surface area contributed by atoms with Crippen LogP contribution < -0.4 is 10.1 Å². The lowest BCUT2D eigenvalue weighted by molar-refractivity contribution is -0.141. The van der Waals surface area contributed by atoms with Gasteiger partial charge >= 0.3 is 5.97 Å². The van der Waals surface area contributed by atoms with Crippen LogP contribution in [0.4, 0.5) is 5.69 Å². The fraction of sp³-hybridized carbons (Fsp3) is 0.286. The molecule has 2 rings (SSSR count). The molecule has 0 saturated heterocycles. The van der Waals surface area contributed by atoms with E-state index in [0.29, 0.717) is 29.0 Å². The van der Waals surface area contributed by atoms with Crippen molar-refractivity contribution in [2.24, 2.45) is 0 Å². The van der Waals surface area contributed by atoms with E-state index >= 15 is 0 Å². The molecule has 0 aliphatic rings. The van der Waals surface area contributed by atoms with Crippen LogP contribution >= 0.6 is 0 Å². The zero-order chi connectivity index (χ0) is 19.8. The van der Waals surface area contributed by atoms with E-state index < -0.39 is 5.97 Å². The van der Waals surface area contributed by atoms with Gasteiger partial charge in [-0.2, -0.15) is 0 Å². The average molecular weight is 369 g/mol. The minimum absolute atomic E-state index is 0.0279. The molecule has 27 heavy (non-hydrogen) atoms. The van der Waals surface area contributed by atoms with Gasteiger partial charge in [-0.15, -0.1) is 0 Å². The highest BCUT2D eigenvalue weighted by atomic mass is 16.5. The van der Waals surface area contributed by atoms with Crippen LogP contribution in [0.1, 0.15) is 34.8 Å². The highest BCUT2D eigenvalue weighted by molar-refractivity contribution is 5.98. The number of ether oxygens (including phenoxy) is 2. The average Bonchev–Trinajstić information content (AvgIpc) is 2.66. The second-order valence-corrected chi connectivity index (χ2v) is 6.06. The summed E-state index contributed by atoms with van der Waals surface area (Å²) in [5.41, 5.74) is 2.74. The summed E-state index contributed by atoms with van der Waals surface area (Å²) >= 11 is 0. The molecule has 0 radical (unpaired) electrons. The molecule has 0 bridgehead atoms. The van der Waals surface area contributed by atoms with E-state index in [9.17, 15) is 14.4 Å². The zero-order valence-corrected chi connectivity index (χ0v) is 15.7. The van der Waals surface area contributed by atoms with Crippen molar-refractivity contribution in [1.29, 1.82) is 0 Å². The van der Waals surface area contributed by atoms with Crippen molar-refractivity contribution in [3.05, 3.63) is 59.2 Å². The molecule has 0 heterocycles. The van der Waals surface area contributed by atoms with Gasteiger partial charge in [-0.25, -0.2) is 0 Å². The van der Waals surface area contributed by atoms with E-state index in [2.05, 4.69) is 5.32 Å². The number of anilines is 1. The van der Waals surface area contributed by atoms with Gasteiger partial charge in [-0.3, -0.25) is 14.4 Å². The Balaban J connectivity index is 1.90. The molecule has 0 saturated carbocycles. The number of hydrogen-bond donors (Lipinski definition) is 1. The van der Waals surface area contributed by atoms with Gasteiger partial charge in [0.25, 0.3) is 0 Å². The predicted molar refractivity (Wildman–Crippen MR) is 102 cm³/mol. The molecule has 0 spiro atoms. The molecule has 2 aromatic rings. The van der Waals surface area contributed by atoms with E-state index in [4.69, 9.17) is 9.47 Å². The van der Waals surface area contributed by atoms with Crippen LogP contribution in [0.15, 0.2) is 42.5 Å². The first-order chi connectivity index (χ1) is 12.9.